The van der Waals surface area contributed by atoms with Crippen molar-refractivity contribution in [3.63, 3.8) is 0 Å². The normalized spacial score (nSPS) is 16.0. The fourth-order valence-corrected chi connectivity index (χ4v) is 4.83. The van der Waals surface area contributed by atoms with Crippen molar-refractivity contribution in [3.05, 3.63) is 70.7 Å². The fourth-order valence-electron chi connectivity index (χ4n) is 4.83. The molecule has 0 aliphatic carbocycles. The number of imidazole rings is 1. The van der Waals surface area contributed by atoms with E-state index >= 15 is 0 Å². The molecule has 0 saturated carbocycles. The van der Waals surface area contributed by atoms with Crippen molar-refractivity contribution >= 4 is 22.5 Å². The van der Waals surface area contributed by atoms with Gasteiger partial charge in [-0.1, -0.05) is 12.1 Å². The highest BCUT2D eigenvalue weighted by atomic mass is 19.1. The van der Waals surface area contributed by atoms with Gasteiger partial charge in [-0.2, -0.15) is 5.10 Å². The maximum atomic E-state index is 14.6. The number of amides is 1. The third-order valence-electron chi connectivity index (χ3n) is 6.54. The van der Waals surface area contributed by atoms with Gasteiger partial charge in [0.2, 0.25) is 5.69 Å². The van der Waals surface area contributed by atoms with E-state index in [9.17, 15) is 9.18 Å². The first-order valence-corrected chi connectivity index (χ1v) is 11.5. The molecule has 0 bridgehead atoms. The third kappa shape index (κ3) is 3.96. The van der Waals surface area contributed by atoms with E-state index in [1.165, 1.54) is 12.1 Å². The Balaban J connectivity index is 1.71. The summed E-state index contributed by atoms with van der Waals surface area (Å²) in [6, 6.07) is 8.32. The van der Waals surface area contributed by atoms with Crippen LogP contribution in [0, 0.1) is 26.2 Å². The van der Waals surface area contributed by atoms with Crippen LogP contribution in [0.3, 0.4) is 0 Å². The summed E-state index contributed by atoms with van der Waals surface area (Å²) in [5, 5.41) is 5.47. The number of fused-ring (bicyclic) bond motifs is 1. The van der Waals surface area contributed by atoms with Gasteiger partial charge in [-0.05, 0) is 50.5 Å². The number of nitrogens with two attached hydrogens (primary N) is 1. The van der Waals surface area contributed by atoms with Gasteiger partial charge in [-0.25, -0.2) is 14.2 Å². The minimum Gasteiger partial charge on any atom is -0.336 e. The van der Waals surface area contributed by atoms with Crippen molar-refractivity contribution in [1.82, 2.24) is 24.2 Å². The molecule has 2 aromatic heterocycles. The summed E-state index contributed by atoms with van der Waals surface area (Å²) >= 11 is 0. The summed E-state index contributed by atoms with van der Waals surface area (Å²) in [4.78, 5) is 23.2. The van der Waals surface area contributed by atoms with Crippen LogP contribution >= 0.6 is 0 Å². The van der Waals surface area contributed by atoms with Crippen molar-refractivity contribution in [3.8, 4) is 17.1 Å². The maximum absolute atomic E-state index is 14.6. The van der Waals surface area contributed by atoms with Crippen LogP contribution in [-0.2, 0) is 7.05 Å². The summed E-state index contributed by atoms with van der Waals surface area (Å²) in [5.41, 5.74) is 10.2. The number of rotatable bonds is 3. The van der Waals surface area contributed by atoms with Crippen LogP contribution < -0.4 is 5.73 Å². The second kappa shape index (κ2) is 8.64. The Kier molecular flexibility index (Phi) is 5.61. The smallest absolute Gasteiger partial charge is 0.274 e. The molecule has 35 heavy (non-hydrogen) atoms. The van der Waals surface area contributed by atoms with Crippen LogP contribution in [0.5, 0.6) is 0 Å². The van der Waals surface area contributed by atoms with Gasteiger partial charge in [0.15, 0.2) is 0 Å². The van der Waals surface area contributed by atoms with Gasteiger partial charge in [-0.3, -0.25) is 14.0 Å². The molecule has 1 amide bonds. The molecule has 0 unspecified atom stereocenters. The molecule has 0 spiro atoms. The molecule has 9 heteroatoms. The molecular formula is C26H26FN7O. The topological polar surface area (TPSA) is 86.3 Å². The van der Waals surface area contributed by atoms with Crippen LogP contribution in [0.4, 0.5) is 10.1 Å². The first-order chi connectivity index (χ1) is 16.8. The molecule has 2 aromatic carbocycles. The molecule has 1 aliphatic rings. The summed E-state index contributed by atoms with van der Waals surface area (Å²) in [7, 11) is 1.87. The maximum Gasteiger partial charge on any atom is 0.274 e. The van der Waals surface area contributed by atoms with Crippen LogP contribution in [0.25, 0.3) is 32.8 Å². The lowest BCUT2D eigenvalue weighted by molar-refractivity contribution is 0.0702. The lowest BCUT2D eigenvalue weighted by Crippen LogP contribution is -2.46. The van der Waals surface area contributed by atoms with E-state index in [0.717, 1.165) is 35.0 Å². The molecular weight excluding hydrogens is 445 g/mol. The zero-order valence-electron chi connectivity index (χ0n) is 19.9. The minimum absolute atomic E-state index is 0.0551. The lowest BCUT2D eigenvalue weighted by Gasteiger charge is -2.30. The number of aryl methyl sites for hydroxylation is 2. The molecule has 0 radical (unpaired) electrons. The van der Waals surface area contributed by atoms with Gasteiger partial charge in [0.1, 0.15) is 17.3 Å². The Hall–Kier alpha value is -4.03. The van der Waals surface area contributed by atoms with Crippen LogP contribution in [0.2, 0.25) is 0 Å². The molecule has 8 nitrogen and oxygen atoms in total. The summed E-state index contributed by atoms with van der Waals surface area (Å²) in [6.07, 6.45) is 3.67. The number of benzene rings is 2. The highest BCUT2D eigenvalue weighted by Crippen LogP contribution is 2.32. The second-order valence-electron chi connectivity index (χ2n) is 9.14. The van der Waals surface area contributed by atoms with Crippen LogP contribution in [0.15, 0.2) is 36.5 Å². The van der Waals surface area contributed by atoms with Crippen molar-refractivity contribution in [2.75, 3.05) is 13.1 Å². The van der Waals surface area contributed by atoms with E-state index in [0.29, 0.717) is 35.9 Å². The van der Waals surface area contributed by atoms with E-state index in [-0.39, 0.29) is 17.6 Å². The number of likely N-dealkylation sites (tertiary alicyclic amines) is 1. The standard InChI is InChI=1S/C26H26FN7O/c1-15-10-20(11-18-13-32(4)31-23(15)18)34-16(2)24(26(35)33-9-5-6-19(28)14-33)30-25(34)17-7-8-22(29-3)21(27)12-17/h7-8,10-13,19H,5-6,9,14,28H2,1-2,4H3/t19-/m1/s1. The number of carbonyl (C=O) groups excluding carboxylic acids is 1. The number of halogens is 1. The zero-order valence-corrected chi connectivity index (χ0v) is 19.9. The number of hydrogen-bond donors (Lipinski definition) is 1. The molecule has 1 atom stereocenters. The Morgan fingerprint density at radius 2 is 2.06 bits per heavy atom. The quantitative estimate of drug-likeness (QED) is 0.452. The molecule has 1 aliphatic heterocycles. The second-order valence-corrected chi connectivity index (χ2v) is 9.14. The summed E-state index contributed by atoms with van der Waals surface area (Å²) < 4.78 is 18.2. The third-order valence-corrected chi connectivity index (χ3v) is 6.54. The van der Waals surface area contributed by atoms with Crippen molar-refractivity contribution in [1.29, 1.82) is 0 Å². The Morgan fingerprint density at radius 1 is 1.26 bits per heavy atom. The van der Waals surface area contributed by atoms with Gasteiger partial charge in [0.05, 0.1) is 17.8 Å². The predicted molar refractivity (Wildman–Crippen MR) is 132 cm³/mol. The average molecular weight is 472 g/mol. The largest absolute Gasteiger partial charge is 0.336 e. The summed E-state index contributed by atoms with van der Waals surface area (Å²) in [6.45, 7) is 12.1. The molecule has 1 fully saturated rings. The number of nitrogens with zero attached hydrogens (tertiary/aromatic N) is 6. The van der Waals surface area contributed by atoms with E-state index in [1.54, 1.807) is 15.6 Å². The Bertz CT molecular complexity index is 1510. The minimum atomic E-state index is -0.626. The van der Waals surface area contributed by atoms with Gasteiger partial charge >= 0.3 is 0 Å². The molecule has 178 valence electrons. The van der Waals surface area contributed by atoms with E-state index < -0.39 is 5.82 Å². The van der Waals surface area contributed by atoms with Gasteiger partial charge < -0.3 is 10.6 Å². The van der Waals surface area contributed by atoms with E-state index in [4.69, 9.17) is 17.3 Å². The average Bonchev–Trinajstić information content (AvgIpc) is 3.38. The van der Waals surface area contributed by atoms with Crippen LogP contribution in [-0.4, -0.2) is 49.3 Å². The Morgan fingerprint density at radius 3 is 2.77 bits per heavy atom. The highest BCUT2D eigenvalue weighted by Gasteiger charge is 2.28. The molecule has 5 rings (SSSR count). The number of carbonyl (C=O) groups is 1. The van der Waals surface area contributed by atoms with E-state index in [1.807, 2.05) is 43.8 Å². The Labute approximate surface area is 202 Å². The molecule has 1 saturated heterocycles. The zero-order chi connectivity index (χ0) is 24.9. The first kappa shape index (κ1) is 22.7. The molecule has 2 N–H and O–H groups in total. The number of piperidine rings is 1. The van der Waals surface area contributed by atoms with Crippen molar-refractivity contribution in [2.45, 2.75) is 32.7 Å². The molecule has 4 aromatic rings. The van der Waals surface area contributed by atoms with Crippen molar-refractivity contribution in [2.24, 2.45) is 12.8 Å². The number of hydrogen-bond acceptors (Lipinski definition) is 4. The SMILES string of the molecule is [C-]#[N+]c1ccc(-c2nc(C(=O)N3CCC[C@@H](N)C3)c(C)n2-c2cc(C)c3nn(C)cc3c2)cc1F. The van der Waals surface area contributed by atoms with E-state index in [2.05, 4.69) is 9.94 Å². The lowest BCUT2D eigenvalue weighted by atomic mass is 10.1. The van der Waals surface area contributed by atoms with Crippen LogP contribution in [0.1, 0.15) is 34.6 Å². The molecule has 3 heterocycles. The predicted octanol–water partition coefficient (Wildman–Crippen LogP) is 4.30. The fraction of sp³-hybridized carbons (Fsp3) is 0.308. The number of aromatic nitrogens is 4. The summed E-state index contributed by atoms with van der Waals surface area (Å²) in [5.74, 6) is -0.376. The first-order valence-electron chi connectivity index (χ1n) is 11.5. The monoisotopic (exact) mass is 471 g/mol. The van der Waals surface area contributed by atoms with Crippen molar-refractivity contribution < 1.29 is 9.18 Å². The highest BCUT2D eigenvalue weighted by molar-refractivity contribution is 5.95. The van der Waals surface area contributed by atoms with Gasteiger partial charge in [-0.15, -0.1) is 0 Å². The van der Waals surface area contributed by atoms with Gasteiger partial charge in [0.25, 0.3) is 5.91 Å². The van der Waals surface area contributed by atoms with Gasteiger partial charge in [0, 0.05) is 49.0 Å².